The largest absolute Gasteiger partial charge is 0.442 e. The van der Waals surface area contributed by atoms with E-state index in [1.807, 2.05) is 0 Å². The van der Waals surface area contributed by atoms with E-state index in [4.69, 9.17) is 9.57 Å². The Hall–Kier alpha value is -2.66. The molecule has 11 heteroatoms. The third-order valence-electron chi connectivity index (χ3n) is 3.78. The van der Waals surface area contributed by atoms with Crippen molar-refractivity contribution in [1.29, 1.82) is 0 Å². The van der Waals surface area contributed by atoms with Crippen LogP contribution in [0.5, 0.6) is 0 Å². The van der Waals surface area contributed by atoms with Crippen molar-refractivity contribution < 1.29 is 36.0 Å². The van der Waals surface area contributed by atoms with Gasteiger partial charge in [-0.25, -0.2) is 18.2 Å². The molecule has 1 aromatic carbocycles. The summed E-state index contributed by atoms with van der Waals surface area (Å²) < 4.78 is 72.0. The summed E-state index contributed by atoms with van der Waals surface area (Å²) in [6.45, 7) is 3.99. The summed E-state index contributed by atoms with van der Waals surface area (Å²) in [6, 6.07) is 9.17. The Balaban J connectivity index is 2.39. The zero-order valence-corrected chi connectivity index (χ0v) is 18.0. The normalized spacial score (nSPS) is 13.5. The number of benzene rings is 1. The first-order valence-corrected chi connectivity index (χ1v) is 10.8. The number of alkyl halides is 3. The van der Waals surface area contributed by atoms with E-state index in [1.54, 1.807) is 30.3 Å². The summed E-state index contributed by atoms with van der Waals surface area (Å²) in [5.74, 6) is -1.48. The standard InChI is InChI=1S/C20H23F3N2O5S/c1-19(2,3)30-18(26)25(29-13-15-9-5-4-6-10-15)16(20(21,22)23)14-31(27,28)17-11-7-8-12-24-17/h4-12,16H,13-14H2,1-3H3/t16-/m0/s1. The van der Waals surface area contributed by atoms with E-state index in [9.17, 15) is 26.4 Å². The predicted octanol–water partition coefficient (Wildman–Crippen LogP) is 4.16. The average Bonchev–Trinajstić information content (AvgIpc) is 2.66. The summed E-state index contributed by atoms with van der Waals surface area (Å²) in [5.41, 5.74) is -0.661. The SMILES string of the molecule is CC(C)(C)OC(=O)N(OCc1ccccc1)[C@@H](CS(=O)(=O)c1ccccn1)C(F)(F)F. The minimum atomic E-state index is -5.13. The van der Waals surface area contributed by atoms with Gasteiger partial charge in [0.1, 0.15) is 12.2 Å². The van der Waals surface area contributed by atoms with Crippen molar-refractivity contribution in [2.45, 2.75) is 50.2 Å². The number of aromatic nitrogens is 1. The Bertz CT molecular complexity index is 962. The maximum absolute atomic E-state index is 13.9. The van der Waals surface area contributed by atoms with Crippen LogP contribution in [-0.4, -0.2) is 48.1 Å². The molecule has 1 atom stereocenters. The summed E-state index contributed by atoms with van der Waals surface area (Å²) in [7, 11) is -4.51. The number of carbonyl (C=O) groups is 1. The van der Waals surface area contributed by atoms with E-state index in [0.29, 0.717) is 5.56 Å². The molecule has 1 amide bonds. The number of ether oxygens (including phenoxy) is 1. The van der Waals surface area contributed by atoms with Gasteiger partial charge in [0.2, 0.25) is 0 Å². The van der Waals surface area contributed by atoms with Crippen LogP contribution in [0, 0.1) is 0 Å². The van der Waals surface area contributed by atoms with Crippen LogP contribution < -0.4 is 0 Å². The maximum Gasteiger partial charge on any atom is 0.435 e. The van der Waals surface area contributed by atoms with Crippen molar-refractivity contribution in [3.8, 4) is 0 Å². The number of hydroxylamine groups is 2. The van der Waals surface area contributed by atoms with Crippen LogP contribution in [0.4, 0.5) is 18.0 Å². The number of hydrogen-bond donors (Lipinski definition) is 0. The summed E-state index contributed by atoms with van der Waals surface area (Å²) in [6.07, 6.45) is -5.44. The fourth-order valence-electron chi connectivity index (χ4n) is 2.41. The number of rotatable bonds is 7. The monoisotopic (exact) mass is 460 g/mol. The summed E-state index contributed by atoms with van der Waals surface area (Å²) in [4.78, 5) is 21.3. The number of nitrogens with zero attached hydrogens (tertiary/aromatic N) is 2. The fraction of sp³-hybridized carbons (Fsp3) is 0.400. The van der Waals surface area contributed by atoms with Gasteiger partial charge >= 0.3 is 12.3 Å². The van der Waals surface area contributed by atoms with E-state index in [-0.39, 0.29) is 5.06 Å². The number of amides is 1. The molecule has 170 valence electrons. The number of sulfone groups is 1. The highest BCUT2D eigenvalue weighted by Crippen LogP contribution is 2.29. The van der Waals surface area contributed by atoms with E-state index in [0.717, 1.165) is 12.3 Å². The number of carbonyl (C=O) groups excluding carboxylic acids is 1. The molecule has 0 bridgehead atoms. The Morgan fingerprint density at radius 2 is 1.68 bits per heavy atom. The molecule has 1 heterocycles. The third-order valence-corrected chi connectivity index (χ3v) is 5.41. The molecule has 0 saturated heterocycles. The minimum Gasteiger partial charge on any atom is -0.442 e. The molecule has 1 aromatic heterocycles. The highest BCUT2D eigenvalue weighted by atomic mass is 32.2. The molecule has 0 unspecified atom stereocenters. The fourth-order valence-corrected chi connectivity index (χ4v) is 3.83. The molecular weight excluding hydrogens is 437 g/mol. The molecule has 7 nitrogen and oxygen atoms in total. The van der Waals surface area contributed by atoms with E-state index >= 15 is 0 Å². The van der Waals surface area contributed by atoms with Gasteiger partial charge in [-0.3, -0.25) is 4.84 Å². The van der Waals surface area contributed by atoms with Gasteiger partial charge in [-0.1, -0.05) is 36.4 Å². The molecule has 31 heavy (non-hydrogen) atoms. The number of halogens is 3. The Morgan fingerprint density at radius 3 is 2.19 bits per heavy atom. The van der Waals surface area contributed by atoms with Gasteiger partial charge in [0, 0.05) is 6.20 Å². The smallest absolute Gasteiger partial charge is 0.435 e. The predicted molar refractivity (Wildman–Crippen MR) is 105 cm³/mol. The summed E-state index contributed by atoms with van der Waals surface area (Å²) >= 11 is 0. The molecule has 0 aliphatic heterocycles. The second-order valence-electron chi connectivity index (χ2n) is 7.57. The number of pyridine rings is 1. The first-order chi connectivity index (χ1) is 14.3. The third kappa shape index (κ3) is 7.51. The zero-order valence-electron chi connectivity index (χ0n) is 17.2. The lowest BCUT2D eigenvalue weighted by molar-refractivity contribution is -0.258. The van der Waals surface area contributed by atoms with Crippen LogP contribution in [0.25, 0.3) is 0 Å². The molecule has 0 saturated carbocycles. The van der Waals surface area contributed by atoms with Gasteiger partial charge in [-0.15, -0.1) is 0 Å². The molecule has 0 N–H and O–H groups in total. The molecule has 0 spiro atoms. The van der Waals surface area contributed by atoms with Crippen LogP contribution in [0.3, 0.4) is 0 Å². The van der Waals surface area contributed by atoms with Crippen molar-refractivity contribution in [1.82, 2.24) is 10.0 Å². The second-order valence-corrected chi connectivity index (χ2v) is 9.55. The molecule has 2 rings (SSSR count). The Morgan fingerprint density at radius 1 is 1.06 bits per heavy atom. The molecule has 0 fully saturated rings. The van der Waals surface area contributed by atoms with Crippen LogP contribution in [0.15, 0.2) is 59.8 Å². The van der Waals surface area contributed by atoms with Crippen LogP contribution in [0.1, 0.15) is 26.3 Å². The van der Waals surface area contributed by atoms with Crippen LogP contribution in [0.2, 0.25) is 0 Å². The highest BCUT2D eigenvalue weighted by Gasteiger charge is 2.50. The van der Waals surface area contributed by atoms with Crippen molar-refractivity contribution in [2.75, 3.05) is 5.75 Å². The van der Waals surface area contributed by atoms with E-state index in [1.165, 1.54) is 32.9 Å². The van der Waals surface area contributed by atoms with Crippen molar-refractivity contribution in [3.05, 3.63) is 60.3 Å². The first-order valence-electron chi connectivity index (χ1n) is 9.19. The van der Waals surface area contributed by atoms with Gasteiger partial charge in [-0.2, -0.15) is 18.2 Å². The van der Waals surface area contributed by atoms with Gasteiger partial charge < -0.3 is 4.74 Å². The van der Waals surface area contributed by atoms with Gasteiger partial charge in [-0.05, 0) is 38.5 Å². The Kier molecular flexibility index (Phi) is 7.66. The minimum absolute atomic E-state index is 0.0568. The van der Waals surface area contributed by atoms with Gasteiger partial charge in [0.25, 0.3) is 0 Å². The molecule has 0 radical (unpaired) electrons. The molecule has 2 aromatic rings. The van der Waals surface area contributed by atoms with Gasteiger partial charge in [0.05, 0.1) is 5.75 Å². The van der Waals surface area contributed by atoms with Gasteiger partial charge in [0.15, 0.2) is 20.9 Å². The molecule has 0 aliphatic carbocycles. The lowest BCUT2D eigenvalue weighted by Gasteiger charge is -2.33. The van der Waals surface area contributed by atoms with Crippen molar-refractivity contribution >= 4 is 15.9 Å². The second kappa shape index (κ2) is 9.65. The lowest BCUT2D eigenvalue weighted by atomic mass is 10.2. The lowest BCUT2D eigenvalue weighted by Crippen LogP contribution is -2.53. The average molecular weight is 460 g/mol. The maximum atomic E-state index is 13.9. The Labute approximate surface area is 178 Å². The van der Waals surface area contributed by atoms with E-state index in [2.05, 4.69) is 4.98 Å². The first kappa shape index (κ1) is 24.6. The van der Waals surface area contributed by atoms with E-state index < -0.39 is 51.1 Å². The molecule has 0 aliphatic rings. The quantitative estimate of drug-likeness (QED) is 0.577. The van der Waals surface area contributed by atoms with Crippen molar-refractivity contribution in [3.63, 3.8) is 0 Å². The molecular formula is C20H23F3N2O5S. The van der Waals surface area contributed by atoms with Crippen molar-refractivity contribution in [2.24, 2.45) is 0 Å². The highest BCUT2D eigenvalue weighted by molar-refractivity contribution is 7.91. The number of hydrogen-bond acceptors (Lipinski definition) is 6. The van der Waals surface area contributed by atoms with Crippen LogP contribution >= 0.6 is 0 Å². The summed E-state index contributed by atoms with van der Waals surface area (Å²) in [5, 5.41) is -0.602. The zero-order chi connectivity index (χ0) is 23.3. The van der Waals surface area contributed by atoms with Crippen LogP contribution in [-0.2, 0) is 26.0 Å². The topological polar surface area (TPSA) is 85.8 Å².